The molecule has 6 heteroatoms. The molecule has 4 nitrogen and oxygen atoms in total. The molecule has 17 heavy (non-hydrogen) atoms. The highest BCUT2D eigenvalue weighted by atomic mass is 35.5. The zero-order valence-corrected chi connectivity index (χ0v) is 10.4. The van der Waals surface area contributed by atoms with Crippen molar-refractivity contribution in [3.63, 3.8) is 0 Å². The van der Waals surface area contributed by atoms with Gasteiger partial charge in [-0.3, -0.25) is 0 Å². The lowest BCUT2D eigenvalue weighted by Gasteiger charge is -2.12. The molecule has 0 spiro atoms. The summed E-state index contributed by atoms with van der Waals surface area (Å²) in [6.07, 6.45) is 1.29. The van der Waals surface area contributed by atoms with Gasteiger partial charge < -0.3 is 14.9 Å². The zero-order valence-electron chi connectivity index (χ0n) is 8.85. The summed E-state index contributed by atoms with van der Waals surface area (Å²) in [5, 5.41) is 17.9. The quantitative estimate of drug-likeness (QED) is 0.656. The molecule has 1 aromatic rings. The van der Waals surface area contributed by atoms with Gasteiger partial charge in [0.15, 0.2) is 12.0 Å². The fourth-order valence-electron chi connectivity index (χ4n) is 1.13. The van der Waals surface area contributed by atoms with E-state index in [1.807, 2.05) is 0 Å². The summed E-state index contributed by atoms with van der Waals surface area (Å²) in [6, 6.07) is 2.98. The molecule has 0 heterocycles. The van der Waals surface area contributed by atoms with Crippen LogP contribution in [0.5, 0.6) is 5.75 Å². The number of carboxylic acids is 1. The lowest BCUT2D eigenvalue weighted by molar-refractivity contribution is -0.131. The smallest absolute Gasteiger partial charge is 0.328 e. The standard InChI is InChI=1S/C11H10Cl2O4/c1-6(14)17-11-8(12)4-7(5-9(11)13)2-3-10(15)16/h2-6,14H,1H3,(H,15,16)/b3-2+. The number of aliphatic hydroxyl groups is 1. The minimum absolute atomic E-state index is 0.163. The molecule has 1 aromatic carbocycles. The van der Waals surface area contributed by atoms with E-state index in [0.717, 1.165) is 6.08 Å². The summed E-state index contributed by atoms with van der Waals surface area (Å²) in [4.78, 5) is 10.3. The average molecular weight is 277 g/mol. The molecular formula is C11H10Cl2O4. The monoisotopic (exact) mass is 276 g/mol. The van der Waals surface area contributed by atoms with Gasteiger partial charge in [0.05, 0.1) is 10.0 Å². The van der Waals surface area contributed by atoms with Crippen molar-refractivity contribution in [2.24, 2.45) is 0 Å². The van der Waals surface area contributed by atoms with Crippen LogP contribution in [-0.2, 0) is 4.79 Å². The molecule has 1 rings (SSSR count). The Bertz CT molecular complexity index is 432. The molecule has 0 radical (unpaired) electrons. The molecule has 0 fully saturated rings. The molecule has 0 amide bonds. The van der Waals surface area contributed by atoms with Crippen LogP contribution in [0.3, 0.4) is 0 Å². The van der Waals surface area contributed by atoms with Gasteiger partial charge in [-0.1, -0.05) is 23.2 Å². The molecule has 0 aliphatic carbocycles. The van der Waals surface area contributed by atoms with E-state index in [2.05, 4.69) is 0 Å². The number of aliphatic hydroxyl groups excluding tert-OH is 1. The molecule has 0 bridgehead atoms. The Morgan fingerprint density at radius 2 is 1.94 bits per heavy atom. The molecule has 1 unspecified atom stereocenters. The van der Waals surface area contributed by atoms with Crippen LogP contribution in [0, 0.1) is 0 Å². The SMILES string of the molecule is CC(O)Oc1c(Cl)cc(/C=C/C(=O)O)cc1Cl. The van der Waals surface area contributed by atoms with Crippen LogP contribution in [0.2, 0.25) is 10.0 Å². The highest BCUT2D eigenvalue weighted by Crippen LogP contribution is 2.35. The highest BCUT2D eigenvalue weighted by Gasteiger charge is 2.11. The first-order valence-electron chi connectivity index (χ1n) is 4.65. The van der Waals surface area contributed by atoms with E-state index in [-0.39, 0.29) is 15.8 Å². The summed E-state index contributed by atoms with van der Waals surface area (Å²) in [5.74, 6) is -0.905. The number of aliphatic carboxylic acids is 1. The maximum atomic E-state index is 10.3. The predicted octanol–water partition coefficient (Wildman–Crippen LogP) is 2.81. The maximum absolute atomic E-state index is 10.3. The molecule has 0 saturated carbocycles. The molecular weight excluding hydrogens is 267 g/mol. The van der Waals surface area contributed by atoms with Gasteiger partial charge in [-0.25, -0.2) is 4.79 Å². The molecule has 0 saturated heterocycles. The van der Waals surface area contributed by atoms with E-state index in [1.54, 1.807) is 0 Å². The van der Waals surface area contributed by atoms with Crippen molar-refractivity contribution < 1.29 is 19.7 Å². The molecule has 1 atom stereocenters. The number of carbonyl (C=O) groups is 1. The third kappa shape index (κ3) is 4.26. The summed E-state index contributed by atoms with van der Waals surface area (Å²) < 4.78 is 5.01. The third-order valence-electron chi connectivity index (χ3n) is 1.73. The zero-order chi connectivity index (χ0) is 13.0. The van der Waals surface area contributed by atoms with Gasteiger partial charge in [-0.05, 0) is 30.7 Å². The Morgan fingerprint density at radius 1 is 1.41 bits per heavy atom. The lowest BCUT2D eigenvalue weighted by Crippen LogP contribution is -2.10. The van der Waals surface area contributed by atoms with Gasteiger partial charge >= 0.3 is 5.97 Å². The fraction of sp³-hybridized carbons (Fsp3) is 0.182. The maximum Gasteiger partial charge on any atom is 0.328 e. The average Bonchev–Trinajstić information content (AvgIpc) is 2.20. The summed E-state index contributed by atoms with van der Waals surface area (Å²) >= 11 is 11.8. The van der Waals surface area contributed by atoms with E-state index in [1.165, 1.54) is 25.1 Å². The van der Waals surface area contributed by atoms with Gasteiger partial charge in [0.2, 0.25) is 0 Å². The molecule has 92 valence electrons. The minimum atomic E-state index is -1.07. The van der Waals surface area contributed by atoms with Crippen LogP contribution in [0.1, 0.15) is 12.5 Å². The molecule has 0 aromatic heterocycles. The third-order valence-corrected chi connectivity index (χ3v) is 2.29. The summed E-state index contributed by atoms with van der Waals surface area (Å²) in [7, 11) is 0. The van der Waals surface area contributed by atoms with E-state index in [9.17, 15) is 4.79 Å². The van der Waals surface area contributed by atoms with Crippen LogP contribution in [-0.4, -0.2) is 22.5 Å². The normalized spacial score (nSPS) is 12.7. The topological polar surface area (TPSA) is 66.8 Å². The number of halogens is 2. The first-order valence-corrected chi connectivity index (χ1v) is 5.40. The van der Waals surface area contributed by atoms with E-state index in [0.29, 0.717) is 5.56 Å². The number of hydrogen-bond donors (Lipinski definition) is 2. The Morgan fingerprint density at radius 3 is 2.35 bits per heavy atom. The number of carboxylic acid groups (broad SMARTS) is 1. The van der Waals surface area contributed by atoms with E-state index < -0.39 is 12.3 Å². The molecule has 0 aliphatic heterocycles. The van der Waals surface area contributed by atoms with E-state index >= 15 is 0 Å². The van der Waals surface area contributed by atoms with Gasteiger partial charge in [0.25, 0.3) is 0 Å². The number of ether oxygens (including phenoxy) is 1. The van der Waals surface area contributed by atoms with Gasteiger partial charge in [0.1, 0.15) is 0 Å². The van der Waals surface area contributed by atoms with Gasteiger partial charge in [0, 0.05) is 6.08 Å². The van der Waals surface area contributed by atoms with Gasteiger partial charge in [-0.2, -0.15) is 0 Å². The Kier molecular flexibility index (Phi) is 4.81. The van der Waals surface area contributed by atoms with Crippen molar-refractivity contribution in [2.45, 2.75) is 13.2 Å². The van der Waals surface area contributed by atoms with Crippen LogP contribution < -0.4 is 4.74 Å². The largest absolute Gasteiger partial charge is 0.478 e. The van der Waals surface area contributed by atoms with Crippen molar-refractivity contribution in [2.75, 3.05) is 0 Å². The van der Waals surface area contributed by atoms with Gasteiger partial charge in [-0.15, -0.1) is 0 Å². The van der Waals surface area contributed by atoms with Crippen LogP contribution in [0.25, 0.3) is 6.08 Å². The summed E-state index contributed by atoms with van der Waals surface area (Å²) in [6.45, 7) is 1.42. The fourth-order valence-corrected chi connectivity index (χ4v) is 1.72. The Labute approximate surface area is 108 Å². The minimum Gasteiger partial charge on any atom is -0.478 e. The van der Waals surface area contributed by atoms with Crippen LogP contribution in [0.15, 0.2) is 18.2 Å². The van der Waals surface area contributed by atoms with Crippen molar-refractivity contribution >= 4 is 35.2 Å². The molecule has 2 N–H and O–H groups in total. The van der Waals surface area contributed by atoms with Crippen molar-refractivity contribution in [1.29, 1.82) is 0 Å². The second-order valence-electron chi connectivity index (χ2n) is 3.20. The van der Waals surface area contributed by atoms with Crippen molar-refractivity contribution in [3.05, 3.63) is 33.8 Å². The Hall–Kier alpha value is -1.23. The number of hydrogen-bond acceptors (Lipinski definition) is 3. The first-order chi connectivity index (χ1) is 7.90. The van der Waals surface area contributed by atoms with E-state index in [4.69, 9.17) is 38.2 Å². The molecule has 0 aliphatic rings. The number of rotatable bonds is 4. The highest BCUT2D eigenvalue weighted by molar-refractivity contribution is 6.37. The lowest BCUT2D eigenvalue weighted by atomic mass is 10.2. The second-order valence-corrected chi connectivity index (χ2v) is 4.02. The first kappa shape index (κ1) is 13.8. The van der Waals surface area contributed by atoms with Crippen LogP contribution in [0.4, 0.5) is 0 Å². The number of benzene rings is 1. The predicted molar refractivity (Wildman–Crippen MR) is 65.4 cm³/mol. The summed E-state index contributed by atoms with van der Waals surface area (Å²) in [5.41, 5.74) is 0.528. The van der Waals surface area contributed by atoms with Crippen LogP contribution >= 0.6 is 23.2 Å². The Balaban J connectivity index is 3.05. The second kappa shape index (κ2) is 5.91. The van der Waals surface area contributed by atoms with Crippen molar-refractivity contribution in [3.8, 4) is 5.75 Å². The van der Waals surface area contributed by atoms with Crippen molar-refractivity contribution in [1.82, 2.24) is 0 Å².